The minimum Gasteiger partial charge on any atom is -0.415 e. The number of fused-ring (bicyclic) bond motifs is 1. The molecule has 11 nitrogen and oxygen atoms in total. The number of rotatable bonds is 10. The first kappa shape index (κ1) is 25.6. The Balaban J connectivity index is 0.00000323. The quantitative estimate of drug-likeness (QED) is 0.340. The molecule has 2 amide bonds. The number of hydrogen-bond acceptors (Lipinski definition) is 8. The van der Waals surface area contributed by atoms with Gasteiger partial charge in [0.15, 0.2) is 0 Å². The Morgan fingerprint density at radius 2 is 2.10 bits per heavy atom. The molecule has 0 bridgehead atoms. The normalized spacial score (nSPS) is 21.9. The van der Waals surface area contributed by atoms with E-state index in [0.717, 1.165) is 29.7 Å². The van der Waals surface area contributed by atoms with Crippen molar-refractivity contribution >= 4 is 39.9 Å². The molecule has 2 fully saturated rings. The Morgan fingerprint density at radius 1 is 1.31 bits per heavy atom. The molecule has 15 heteroatoms. The molecule has 3 heterocycles. The molecule has 0 unspecified atom stereocenters. The van der Waals surface area contributed by atoms with Gasteiger partial charge in [-0.3, -0.25) is 14.2 Å². The van der Waals surface area contributed by atoms with Crippen molar-refractivity contribution in [1.29, 1.82) is 0 Å². The van der Waals surface area contributed by atoms with Gasteiger partial charge in [0, 0.05) is 32.0 Å². The molecular weight excluding hydrogens is 537 g/mol. The lowest BCUT2D eigenvalue weighted by atomic mass is 9.91. The van der Waals surface area contributed by atoms with Gasteiger partial charge in [0.2, 0.25) is 17.7 Å². The zero-order chi connectivity index (χ0) is 27.3. The van der Waals surface area contributed by atoms with Crippen molar-refractivity contribution in [2.75, 3.05) is 17.2 Å². The number of aromatic nitrogens is 5. The van der Waals surface area contributed by atoms with Crippen LogP contribution in [0.15, 0.2) is 12.4 Å². The van der Waals surface area contributed by atoms with Crippen LogP contribution < -0.4 is 20.7 Å². The first-order valence-corrected chi connectivity index (χ1v) is 13.6. The summed E-state index contributed by atoms with van der Waals surface area (Å²) in [4.78, 5) is 26.9. The van der Waals surface area contributed by atoms with E-state index in [-0.39, 0.29) is 25.7 Å². The van der Waals surface area contributed by atoms with Crippen LogP contribution in [0.5, 0.6) is 5.88 Å². The van der Waals surface area contributed by atoms with E-state index in [0.29, 0.717) is 47.6 Å². The summed E-state index contributed by atoms with van der Waals surface area (Å²) in [6, 6.07) is 1.22. The highest BCUT2D eigenvalue weighted by atomic mass is 32.1. The van der Waals surface area contributed by atoms with Crippen LogP contribution >= 0.6 is 11.3 Å². The molecule has 39 heavy (non-hydrogen) atoms. The zero-order valence-electron chi connectivity index (χ0n) is 21.0. The smallest absolute Gasteiger partial charge is 0.388 e. The molecule has 0 spiro atoms. The third kappa shape index (κ3) is 5.44. The molecule has 3 aliphatic rings. The van der Waals surface area contributed by atoms with Gasteiger partial charge in [-0.1, -0.05) is 0 Å². The van der Waals surface area contributed by atoms with Crippen molar-refractivity contribution < 1.29 is 28.9 Å². The summed E-state index contributed by atoms with van der Waals surface area (Å²) >= 11 is 1.37. The molecule has 3 atom stereocenters. The maximum Gasteiger partial charge on any atom is 0.388 e. The number of hydrogen-bond donors (Lipinski definition) is 3. The van der Waals surface area contributed by atoms with Crippen LogP contribution in [-0.4, -0.2) is 55.7 Å². The third-order valence-corrected chi connectivity index (χ3v) is 8.48. The second kappa shape index (κ2) is 10.2. The summed E-state index contributed by atoms with van der Waals surface area (Å²) in [5.74, 6) is -0.300. The lowest BCUT2D eigenvalue weighted by molar-refractivity contribution is -0.117. The Hall–Kier alpha value is -3.62. The minimum atomic E-state index is -2.99. The predicted molar refractivity (Wildman–Crippen MR) is 137 cm³/mol. The Labute approximate surface area is 226 Å². The number of ether oxygens (including phenoxy) is 1. The number of alkyl halides is 3. The third-order valence-electron chi connectivity index (χ3n) is 7.27. The molecule has 0 saturated heterocycles. The van der Waals surface area contributed by atoms with Gasteiger partial charge < -0.3 is 20.7 Å². The standard InChI is InChI=1S/C24H27F3N8O3S.H2/c1-34-17(8-18(33-34)38-23(26)27)30-24-32-29-10-35(24)12-4-5-16-14(6-12)19(21(37)28-9-11-2-3-11)22(39-16)31-20(36)13-7-15(13)25;/h8,10-13,15,23H,2-7,9H2,1H3,(H,28,37)(H,30,32)(H,31,36);1H/t12-,13-,15+;/m0./s1. The number of halogens is 3. The van der Waals surface area contributed by atoms with E-state index < -0.39 is 24.6 Å². The molecule has 3 aromatic heterocycles. The SMILES string of the molecule is Cn1nc(OC(F)F)cc1Nc1nncn1[C@H]1CCc2sc(NC(=O)[C@H]3C[C@H]3F)c(C(=O)NCC3CC3)c2C1.[HH]. The molecule has 3 N–H and O–H groups in total. The van der Waals surface area contributed by atoms with Gasteiger partial charge >= 0.3 is 6.61 Å². The van der Waals surface area contributed by atoms with Crippen LogP contribution in [0.3, 0.4) is 0 Å². The fraction of sp³-hybridized carbons (Fsp3) is 0.542. The topological polar surface area (TPSA) is 128 Å². The summed E-state index contributed by atoms with van der Waals surface area (Å²) in [6.07, 6.45) is 4.69. The second-order valence-electron chi connectivity index (χ2n) is 10.2. The van der Waals surface area contributed by atoms with E-state index >= 15 is 0 Å². The Bertz CT molecular complexity index is 1410. The number of nitrogens with one attached hydrogen (secondary N) is 3. The highest BCUT2D eigenvalue weighted by Gasteiger charge is 2.44. The number of aryl methyl sites for hydroxylation is 2. The first-order chi connectivity index (χ1) is 18.8. The van der Waals surface area contributed by atoms with Gasteiger partial charge in [-0.15, -0.1) is 26.6 Å². The van der Waals surface area contributed by atoms with Crippen LogP contribution in [-0.2, 0) is 24.7 Å². The summed E-state index contributed by atoms with van der Waals surface area (Å²) in [5.41, 5.74) is 1.29. The van der Waals surface area contributed by atoms with Gasteiger partial charge in [0.05, 0.1) is 11.5 Å². The molecule has 6 rings (SSSR count). The average molecular weight is 567 g/mol. The first-order valence-electron chi connectivity index (χ1n) is 12.8. The molecule has 0 radical (unpaired) electrons. The van der Waals surface area contributed by atoms with E-state index in [9.17, 15) is 22.8 Å². The molecule has 2 saturated carbocycles. The van der Waals surface area contributed by atoms with Crippen molar-refractivity contribution in [3.8, 4) is 5.88 Å². The van der Waals surface area contributed by atoms with E-state index in [1.165, 1.54) is 22.1 Å². The largest absolute Gasteiger partial charge is 0.415 e. The molecule has 3 aromatic rings. The van der Waals surface area contributed by atoms with Crippen LogP contribution in [0.2, 0.25) is 0 Å². The van der Waals surface area contributed by atoms with Crippen molar-refractivity contribution in [2.24, 2.45) is 18.9 Å². The predicted octanol–water partition coefficient (Wildman–Crippen LogP) is 3.83. The van der Waals surface area contributed by atoms with Crippen LogP contribution in [0.1, 0.15) is 54.0 Å². The van der Waals surface area contributed by atoms with Gasteiger partial charge in [0.1, 0.15) is 23.3 Å². The van der Waals surface area contributed by atoms with Crippen LogP contribution in [0.4, 0.5) is 29.9 Å². The van der Waals surface area contributed by atoms with E-state index in [1.54, 1.807) is 13.4 Å². The monoisotopic (exact) mass is 566 g/mol. The van der Waals surface area contributed by atoms with Gasteiger partial charge in [-0.05, 0) is 50.0 Å². The minimum absolute atomic E-state index is 0. The molecule has 0 aromatic carbocycles. The lowest BCUT2D eigenvalue weighted by Crippen LogP contribution is -2.29. The van der Waals surface area contributed by atoms with Crippen LogP contribution in [0.25, 0.3) is 0 Å². The fourth-order valence-corrected chi connectivity index (χ4v) is 6.08. The van der Waals surface area contributed by atoms with Crippen molar-refractivity contribution in [3.05, 3.63) is 28.4 Å². The highest BCUT2D eigenvalue weighted by molar-refractivity contribution is 7.17. The number of thiophene rings is 1. The Morgan fingerprint density at radius 3 is 2.82 bits per heavy atom. The van der Waals surface area contributed by atoms with Crippen molar-refractivity contribution in [3.63, 3.8) is 0 Å². The maximum atomic E-state index is 13.5. The molecule has 3 aliphatic carbocycles. The maximum absolute atomic E-state index is 13.5. The fourth-order valence-electron chi connectivity index (χ4n) is 4.84. The van der Waals surface area contributed by atoms with Crippen LogP contribution in [0, 0.1) is 11.8 Å². The molecule has 210 valence electrons. The number of anilines is 3. The summed E-state index contributed by atoms with van der Waals surface area (Å²) in [6.45, 7) is -2.41. The van der Waals surface area contributed by atoms with E-state index in [2.05, 4.69) is 36.0 Å². The molecule has 0 aliphatic heterocycles. The van der Waals surface area contributed by atoms with E-state index in [4.69, 9.17) is 0 Å². The van der Waals surface area contributed by atoms with Gasteiger partial charge in [0.25, 0.3) is 5.91 Å². The summed E-state index contributed by atoms with van der Waals surface area (Å²) in [5, 5.41) is 21.4. The number of carbonyl (C=O) groups excluding carboxylic acids is 2. The number of amides is 2. The van der Waals surface area contributed by atoms with Crippen molar-refractivity contribution in [1.82, 2.24) is 29.9 Å². The van der Waals surface area contributed by atoms with E-state index in [1.807, 2.05) is 4.57 Å². The average Bonchev–Trinajstić information content (AvgIpc) is 3.73. The zero-order valence-corrected chi connectivity index (χ0v) is 21.8. The summed E-state index contributed by atoms with van der Waals surface area (Å²) < 4.78 is 46.3. The lowest BCUT2D eigenvalue weighted by Gasteiger charge is -2.25. The summed E-state index contributed by atoms with van der Waals surface area (Å²) in [7, 11) is 1.58. The Kier molecular flexibility index (Phi) is 6.69. The van der Waals surface area contributed by atoms with Crippen molar-refractivity contribution in [2.45, 2.75) is 57.3 Å². The number of nitrogens with zero attached hydrogens (tertiary/aromatic N) is 5. The number of carbonyl (C=O) groups is 2. The van der Waals surface area contributed by atoms with Gasteiger partial charge in [-0.25, -0.2) is 9.07 Å². The molecular formula is C24H29F3N8O3S. The second-order valence-corrected chi connectivity index (χ2v) is 11.3. The van der Waals surface area contributed by atoms with Gasteiger partial charge in [-0.2, -0.15) is 8.78 Å². The highest BCUT2D eigenvalue weighted by Crippen LogP contribution is 2.43.